The predicted octanol–water partition coefficient (Wildman–Crippen LogP) is 2.42. The molecule has 1 aliphatic rings. The first-order valence-corrected chi connectivity index (χ1v) is 4.88. The molecule has 0 spiro atoms. The average Bonchev–Trinajstić information content (AvgIpc) is 2.09. The van der Waals surface area contributed by atoms with Gasteiger partial charge in [-0.25, -0.2) is 0 Å². The smallest absolute Gasteiger partial charge is 0.150 e. The molecule has 1 nitrogen and oxygen atoms in total. The van der Waals surface area contributed by atoms with Crippen LogP contribution in [0.15, 0.2) is 12.2 Å². The molecule has 0 aromatic rings. The topological polar surface area (TPSA) is 17.1 Å². The fourth-order valence-electron chi connectivity index (χ4n) is 1.26. The standard InChI is InChI=1S/C9H14OS/c1-6(2)11-9-5-7(3)4-8(9)10/h6,9H,3-5H2,1-2H3. The van der Waals surface area contributed by atoms with E-state index in [4.69, 9.17) is 0 Å². The maximum Gasteiger partial charge on any atom is 0.150 e. The number of thioether (sulfide) groups is 1. The molecule has 1 saturated carbocycles. The molecule has 0 heterocycles. The molecular weight excluding hydrogens is 156 g/mol. The summed E-state index contributed by atoms with van der Waals surface area (Å²) >= 11 is 1.76. The molecule has 0 saturated heterocycles. The highest BCUT2D eigenvalue weighted by Gasteiger charge is 2.27. The van der Waals surface area contributed by atoms with Crippen molar-refractivity contribution in [2.45, 2.75) is 37.2 Å². The van der Waals surface area contributed by atoms with E-state index in [1.807, 2.05) is 0 Å². The van der Waals surface area contributed by atoms with Gasteiger partial charge in [0.05, 0.1) is 5.25 Å². The lowest BCUT2D eigenvalue weighted by molar-refractivity contribution is -0.116. The second-order valence-corrected chi connectivity index (χ2v) is 5.05. The molecule has 0 radical (unpaired) electrons. The van der Waals surface area contributed by atoms with Gasteiger partial charge in [-0.05, 0) is 11.7 Å². The van der Waals surface area contributed by atoms with Crippen LogP contribution in [0.3, 0.4) is 0 Å². The van der Waals surface area contributed by atoms with E-state index < -0.39 is 0 Å². The summed E-state index contributed by atoms with van der Waals surface area (Å²) in [6.45, 7) is 8.08. The zero-order valence-corrected chi connectivity index (χ0v) is 7.91. The van der Waals surface area contributed by atoms with Crippen molar-refractivity contribution in [1.82, 2.24) is 0 Å². The van der Waals surface area contributed by atoms with E-state index in [0.29, 0.717) is 17.5 Å². The van der Waals surface area contributed by atoms with Gasteiger partial charge in [0.1, 0.15) is 5.78 Å². The molecule has 0 aliphatic heterocycles. The molecule has 0 aromatic heterocycles. The Hall–Kier alpha value is -0.240. The molecular formula is C9H14OS. The minimum Gasteiger partial charge on any atom is -0.298 e. The molecule has 1 aliphatic carbocycles. The van der Waals surface area contributed by atoms with Gasteiger partial charge in [-0.3, -0.25) is 4.79 Å². The van der Waals surface area contributed by atoms with Crippen molar-refractivity contribution in [2.24, 2.45) is 0 Å². The maximum absolute atomic E-state index is 11.2. The number of carbonyl (C=O) groups is 1. The summed E-state index contributed by atoms with van der Waals surface area (Å²) in [6, 6.07) is 0. The number of hydrogen-bond donors (Lipinski definition) is 0. The van der Waals surface area contributed by atoms with Crippen LogP contribution in [0.5, 0.6) is 0 Å². The third kappa shape index (κ3) is 2.37. The Labute approximate surface area is 72.2 Å². The van der Waals surface area contributed by atoms with Crippen molar-refractivity contribution in [1.29, 1.82) is 0 Å². The van der Waals surface area contributed by atoms with Gasteiger partial charge in [0.15, 0.2) is 0 Å². The van der Waals surface area contributed by atoms with E-state index in [0.717, 1.165) is 12.0 Å². The summed E-state index contributed by atoms with van der Waals surface area (Å²) in [5, 5.41) is 0.761. The second kappa shape index (κ2) is 3.44. The average molecular weight is 170 g/mol. The van der Waals surface area contributed by atoms with Crippen molar-refractivity contribution in [3.8, 4) is 0 Å². The summed E-state index contributed by atoms with van der Waals surface area (Å²) in [5.41, 5.74) is 1.10. The molecule has 0 aromatic carbocycles. The maximum atomic E-state index is 11.2. The predicted molar refractivity (Wildman–Crippen MR) is 49.9 cm³/mol. The first kappa shape index (κ1) is 8.85. The highest BCUT2D eigenvalue weighted by Crippen LogP contribution is 2.31. The van der Waals surface area contributed by atoms with E-state index in [2.05, 4.69) is 20.4 Å². The Balaban J connectivity index is 2.47. The first-order valence-electron chi connectivity index (χ1n) is 3.94. The highest BCUT2D eigenvalue weighted by molar-refractivity contribution is 8.01. The van der Waals surface area contributed by atoms with Crippen molar-refractivity contribution < 1.29 is 4.79 Å². The number of hydrogen-bond acceptors (Lipinski definition) is 2. The van der Waals surface area contributed by atoms with Crippen molar-refractivity contribution >= 4 is 17.5 Å². The van der Waals surface area contributed by atoms with E-state index in [1.54, 1.807) is 11.8 Å². The van der Waals surface area contributed by atoms with Gasteiger partial charge in [-0.15, -0.1) is 11.8 Å². The van der Waals surface area contributed by atoms with Crippen LogP contribution in [0.25, 0.3) is 0 Å². The van der Waals surface area contributed by atoms with Crippen LogP contribution in [0, 0.1) is 0 Å². The summed E-state index contributed by atoms with van der Waals surface area (Å²) in [5.74, 6) is 0.369. The largest absolute Gasteiger partial charge is 0.298 e. The monoisotopic (exact) mass is 170 g/mol. The molecule has 1 atom stereocenters. The Bertz CT molecular complexity index is 184. The van der Waals surface area contributed by atoms with E-state index in [9.17, 15) is 4.79 Å². The molecule has 11 heavy (non-hydrogen) atoms. The lowest BCUT2D eigenvalue weighted by atomic mass is 10.3. The SMILES string of the molecule is C=C1CC(=O)C(SC(C)C)C1. The lowest BCUT2D eigenvalue weighted by Crippen LogP contribution is -2.10. The third-order valence-corrected chi connectivity index (χ3v) is 3.00. The van der Waals surface area contributed by atoms with Gasteiger partial charge in [0, 0.05) is 6.42 Å². The van der Waals surface area contributed by atoms with Crippen molar-refractivity contribution in [3.05, 3.63) is 12.2 Å². The van der Waals surface area contributed by atoms with Gasteiger partial charge in [0.25, 0.3) is 0 Å². The fourth-order valence-corrected chi connectivity index (χ4v) is 2.49. The van der Waals surface area contributed by atoms with Gasteiger partial charge in [0.2, 0.25) is 0 Å². The van der Waals surface area contributed by atoms with Crippen LogP contribution in [-0.2, 0) is 4.79 Å². The Morgan fingerprint density at radius 3 is 2.64 bits per heavy atom. The van der Waals surface area contributed by atoms with Crippen LogP contribution >= 0.6 is 11.8 Å². The molecule has 1 rings (SSSR count). The number of rotatable bonds is 2. The summed E-state index contributed by atoms with van der Waals surface area (Å²) in [4.78, 5) is 11.2. The minimum absolute atomic E-state index is 0.211. The quantitative estimate of drug-likeness (QED) is 0.592. The molecule has 1 fully saturated rings. The van der Waals surface area contributed by atoms with E-state index in [-0.39, 0.29) is 5.25 Å². The van der Waals surface area contributed by atoms with Crippen molar-refractivity contribution in [2.75, 3.05) is 0 Å². The van der Waals surface area contributed by atoms with Gasteiger partial charge < -0.3 is 0 Å². The second-order valence-electron chi connectivity index (χ2n) is 3.27. The zero-order valence-electron chi connectivity index (χ0n) is 7.09. The Morgan fingerprint density at radius 1 is 1.64 bits per heavy atom. The molecule has 2 heteroatoms. The van der Waals surface area contributed by atoms with Gasteiger partial charge in [-0.2, -0.15) is 0 Å². The molecule has 1 unspecified atom stereocenters. The van der Waals surface area contributed by atoms with Gasteiger partial charge in [-0.1, -0.05) is 26.0 Å². The lowest BCUT2D eigenvalue weighted by Gasteiger charge is -2.09. The number of ketones is 1. The molecule has 0 amide bonds. The fraction of sp³-hybridized carbons (Fsp3) is 0.667. The number of allylic oxidation sites excluding steroid dienone is 1. The normalized spacial score (nSPS) is 25.2. The third-order valence-electron chi connectivity index (χ3n) is 1.69. The van der Waals surface area contributed by atoms with E-state index in [1.165, 1.54) is 0 Å². The van der Waals surface area contributed by atoms with E-state index >= 15 is 0 Å². The summed E-state index contributed by atoms with van der Waals surface area (Å²) < 4.78 is 0. The molecule has 62 valence electrons. The first-order chi connectivity index (χ1) is 5.09. The van der Waals surface area contributed by atoms with Crippen LogP contribution in [0.2, 0.25) is 0 Å². The summed E-state index contributed by atoms with van der Waals surface area (Å²) in [6.07, 6.45) is 1.52. The van der Waals surface area contributed by atoms with Crippen molar-refractivity contribution in [3.63, 3.8) is 0 Å². The molecule has 0 bridgehead atoms. The Kier molecular flexibility index (Phi) is 2.77. The molecule has 0 N–H and O–H groups in total. The van der Waals surface area contributed by atoms with Crippen LogP contribution in [-0.4, -0.2) is 16.3 Å². The van der Waals surface area contributed by atoms with Gasteiger partial charge >= 0.3 is 0 Å². The minimum atomic E-state index is 0.211. The summed E-state index contributed by atoms with van der Waals surface area (Å²) in [7, 11) is 0. The number of Topliss-reactive ketones (excluding diaryl/α,β-unsaturated/α-hetero) is 1. The zero-order chi connectivity index (χ0) is 8.43. The van der Waals surface area contributed by atoms with Crippen LogP contribution in [0.4, 0.5) is 0 Å². The van der Waals surface area contributed by atoms with Crippen LogP contribution < -0.4 is 0 Å². The van der Waals surface area contributed by atoms with Crippen LogP contribution in [0.1, 0.15) is 26.7 Å². The Morgan fingerprint density at radius 2 is 2.27 bits per heavy atom. The number of carbonyl (C=O) groups excluding carboxylic acids is 1. The highest BCUT2D eigenvalue weighted by atomic mass is 32.2.